The van der Waals surface area contributed by atoms with Gasteiger partial charge in [-0.15, -0.1) is 11.3 Å². The third-order valence-electron chi connectivity index (χ3n) is 6.85. The van der Waals surface area contributed by atoms with Crippen LogP contribution in [0.25, 0.3) is 0 Å². The first-order valence-electron chi connectivity index (χ1n) is 12.8. The number of hydrogen-bond acceptors (Lipinski definition) is 7. The van der Waals surface area contributed by atoms with Crippen molar-refractivity contribution >= 4 is 34.7 Å². The van der Waals surface area contributed by atoms with E-state index in [9.17, 15) is 9.59 Å². The Morgan fingerprint density at radius 3 is 2.65 bits per heavy atom. The van der Waals surface area contributed by atoms with Crippen LogP contribution in [0.3, 0.4) is 0 Å². The molecule has 0 radical (unpaired) electrons. The van der Waals surface area contributed by atoms with Crippen LogP contribution in [-0.4, -0.2) is 45.8 Å². The number of anilines is 2. The maximum Gasteiger partial charge on any atom is 0.275 e. The number of hydrogen-bond donors (Lipinski definition) is 2. The predicted molar refractivity (Wildman–Crippen MR) is 146 cm³/mol. The number of aromatic nitrogens is 2. The van der Waals surface area contributed by atoms with E-state index >= 15 is 0 Å². The molecule has 192 valence electrons. The number of aryl methyl sites for hydroxylation is 1. The Labute approximate surface area is 221 Å². The molecule has 2 amide bonds. The largest absolute Gasteiger partial charge is 0.343 e. The Hall–Kier alpha value is -3.56. The van der Waals surface area contributed by atoms with Crippen LogP contribution in [0.1, 0.15) is 60.1 Å². The number of carbonyl (C=O) groups is 2. The molecule has 0 bridgehead atoms. The van der Waals surface area contributed by atoms with E-state index in [2.05, 4.69) is 45.8 Å². The molecule has 2 N–H and O–H groups in total. The number of allylic oxidation sites excluding steroid dienone is 1. The van der Waals surface area contributed by atoms with Crippen LogP contribution in [0.5, 0.6) is 0 Å². The average Bonchev–Trinajstić information content (AvgIpc) is 3.55. The normalized spacial score (nSPS) is 18.1. The van der Waals surface area contributed by atoms with Gasteiger partial charge in [0.2, 0.25) is 5.91 Å². The van der Waals surface area contributed by atoms with E-state index in [0.29, 0.717) is 23.6 Å². The number of likely N-dealkylation sites (tertiary alicyclic amines) is 1. The average molecular weight is 517 g/mol. The zero-order valence-electron chi connectivity index (χ0n) is 21.2. The first-order chi connectivity index (χ1) is 18.0. The highest BCUT2D eigenvalue weighted by Crippen LogP contribution is 2.32. The van der Waals surface area contributed by atoms with Gasteiger partial charge in [0.15, 0.2) is 5.82 Å². The molecule has 0 aliphatic carbocycles. The third-order valence-corrected chi connectivity index (χ3v) is 7.85. The van der Waals surface area contributed by atoms with Crippen LogP contribution < -0.4 is 15.8 Å². The van der Waals surface area contributed by atoms with E-state index in [1.54, 1.807) is 12.3 Å². The van der Waals surface area contributed by atoms with Gasteiger partial charge >= 0.3 is 0 Å². The van der Waals surface area contributed by atoms with Crippen LogP contribution in [0, 0.1) is 0 Å². The number of carbonyl (C=O) groups excluding carboxylic acids is 2. The number of hydrazine groups is 1. The van der Waals surface area contributed by atoms with Crippen molar-refractivity contribution in [3.05, 3.63) is 82.1 Å². The molecule has 1 fully saturated rings. The summed E-state index contributed by atoms with van der Waals surface area (Å²) in [6, 6.07) is 14.0. The van der Waals surface area contributed by atoms with Crippen LogP contribution in [0.15, 0.2) is 65.8 Å². The van der Waals surface area contributed by atoms with Crippen molar-refractivity contribution in [3.8, 4) is 0 Å². The fourth-order valence-electron chi connectivity index (χ4n) is 4.88. The summed E-state index contributed by atoms with van der Waals surface area (Å²) in [7, 11) is 0. The van der Waals surface area contributed by atoms with Gasteiger partial charge in [0, 0.05) is 48.7 Å². The number of thiazole rings is 1. The van der Waals surface area contributed by atoms with Gasteiger partial charge in [-0.3, -0.25) is 14.6 Å². The van der Waals surface area contributed by atoms with Crippen molar-refractivity contribution in [2.75, 3.05) is 23.4 Å². The van der Waals surface area contributed by atoms with E-state index in [4.69, 9.17) is 0 Å². The number of pyridine rings is 1. The highest BCUT2D eigenvalue weighted by Gasteiger charge is 2.27. The molecular weight excluding hydrogens is 484 g/mol. The number of rotatable bonds is 7. The molecule has 1 atom stereocenters. The standard InChI is InChI=1S/C28H32N6O2S/c1-19-17-20(2)34(32-19)26-23(9-6-14-29-26)30-27(36)24-18-37-28(31-24)22-12-15-33(16-13-22)25(35)11-10-21-7-4-3-5-8-21/h3-9,14,17-19,22,32H,10-13,15-16H2,1-2H3,(H,30,36). The van der Waals surface area contributed by atoms with Crippen molar-refractivity contribution in [3.63, 3.8) is 0 Å². The van der Waals surface area contributed by atoms with Crippen LogP contribution in [0.2, 0.25) is 0 Å². The predicted octanol–water partition coefficient (Wildman–Crippen LogP) is 4.75. The molecule has 0 saturated carbocycles. The van der Waals surface area contributed by atoms with E-state index in [0.717, 1.165) is 43.1 Å². The monoisotopic (exact) mass is 516 g/mol. The molecule has 2 aliphatic heterocycles. The Kier molecular flexibility index (Phi) is 7.62. The zero-order chi connectivity index (χ0) is 25.8. The van der Waals surface area contributed by atoms with Gasteiger partial charge in [-0.1, -0.05) is 30.3 Å². The minimum absolute atomic E-state index is 0.192. The van der Waals surface area contributed by atoms with Crippen molar-refractivity contribution in [2.45, 2.75) is 51.5 Å². The van der Waals surface area contributed by atoms with Crippen molar-refractivity contribution in [1.82, 2.24) is 20.3 Å². The molecular formula is C28H32N6O2S. The molecule has 1 unspecified atom stereocenters. The molecule has 5 rings (SSSR count). The fourth-order valence-corrected chi connectivity index (χ4v) is 5.85. The fraction of sp³-hybridized carbons (Fsp3) is 0.357. The maximum absolute atomic E-state index is 13.1. The second kappa shape index (κ2) is 11.2. The maximum atomic E-state index is 13.1. The molecule has 1 saturated heterocycles. The smallest absolute Gasteiger partial charge is 0.275 e. The molecule has 2 aromatic heterocycles. The van der Waals surface area contributed by atoms with Gasteiger partial charge in [0.05, 0.1) is 10.7 Å². The lowest BCUT2D eigenvalue weighted by atomic mass is 9.97. The van der Waals surface area contributed by atoms with E-state index in [1.807, 2.05) is 46.5 Å². The van der Waals surface area contributed by atoms with Gasteiger partial charge in [0.1, 0.15) is 5.69 Å². The molecule has 9 heteroatoms. The minimum atomic E-state index is -0.251. The highest BCUT2D eigenvalue weighted by atomic mass is 32.1. The summed E-state index contributed by atoms with van der Waals surface area (Å²) < 4.78 is 0. The van der Waals surface area contributed by atoms with Gasteiger partial charge in [-0.25, -0.2) is 15.4 Å². The van der Waals surface area contributed by atoms with Gasteiger partial charge in [-0.2, -0.15) is 0 Å². The first-order valence-corrected chi connectivity index (χ1v) is 13.6. The van der Waals surface area contributed by atoms with Gasteiger partial charge in [-0.05, 0) is 56.9 Å². The topological polar surface area (TPSA) is 90.5 Å². The quantitative estimate of drug-likeness (QED) is 0.471. The van der Waals surface area contributed by atoms with Crippen molar-refractivity contribution in [2.24, 2.45) is 0 Å². The Morgan fingerprint density at radius 2 is 1.92 bits per heavy atom. The number of piperidine rings is 1. The van der Waals surface area contributed by atoms with E-state index in [-0.39, 0.29) is 23.8 Å². The lowest BCUT2D eigenvalue weighted by molar-refractivity contribution is -0.132. The molecule has 8 nitrogen and oxygen atoms in total. The molecule has 2 aliphatic rings. The highest BCUT2D eigenvalue weighted by molar-refractivity contribution is 7.10. The first kappa shape index (κ1) is 25.1. The zero-order valence-corrected chi connectivity index (χ0v) is 22.0. The van der Waals surface area contributed by atoms with Crippen molar-refractivity contribution < 1.29 is 9.59 Å². The second-order valence-electron chi connectivity index (χ2n) is 9.60. The van der Waals surface area contributed by atoms with Gasteiger partial charge < -0.3 is 10.2 Å². The lowest BCUT2D eigenvalue weighted by Crippen LogP contribution is -2.38. The van der Waals surface area contributed by atoms with Crippen LogP contribution >= 0.6 is 11.3 Å². The summed E-state index contributed by atoms with van der Waals surface area (Å²) in [5.41, 5.74) is 6.59. The summed E-state index contributed by atoms with van der Waals surface area (Å²) in [6.07, 6.45) is 6.85. The van der Waals surface area contributed by atoms with Crippen LogP contribution in [-0.2, 0) is 11.2 Å². The summed E-state index contributed by atoms with van der Waals surface area (Å²) in [6.45, 7) is 5.53. The minimum Gasteiger partial charge on any atom is -0.343 e. The van der Waals surface area contributed by atoms with E-state index in [1.165, 1.54) is 16.9 Å². The summed E-state index contributed by atoms with van der Waals surface area (Å²) >= 11 is 1.52. The van der Waals surface area contributed by atoms with E-state index < -0.39 is 0 Å². The SMILES string of the molecule is CC1=CC(C)NN1c1ncccc1NC(=O)c1csc(C2CCN(C(=O)CCc3ccccc3)CC2)n1. The van der Waals surface area contributed by atoms with Gasteiger partial charge in [0.25, 0.3) is 5.91 Å². The number of amides is 2. The summed E-state index contributed by atoms with van der Waals surface area (Å²) in [5, 5.41) is 7.66. The number of nitrogens with zero attached hydrogens (tertiary/aromatic N) is 4. The summed E-state index contributed by atoms with van der Waals surface area (Å²) in [4.78, 5) is 36.9. The van der Waals surface area contributed by atoms with Crippen LogP contribution in [0.4, 0.5) is 11.5 Å². The summed E-state index contributed by atoms with van der Waals surface area (Å²) in [5.74, 6) is 0.871. The third kappa shape index (κ3) is 5.89. The molecule has 37 heavy (non-hydrogen) atoms. The molecule has 3 aromatic rings. The lowest BCUT2D eigenvalue weighted by Gasteiger charge is -2.31. The van der Waals surface area contributed by atoms with Crippen molar-refractivity contribution in [1.29, 1.82) is 0 Å². The molecule has 1 aromatic carbocycles. The Balaban J connectivity index is 1.16. The second-order valence-corrected chi connectivity index (χ2v) is 10.5. The molecule has 0 spiro atoms. The Bertz CT molecular complexity index is 1280. The number of nitrogens with one attached hydrogen (secondary N) is 2. The molecule has 4 heterocycles. The Morgan fingerprint density at radius 1 is 1.14 bits per heavy atom. The number of benzene rings is 1.